The molecule has 1 aromatic heterocycles. The van der Waals surface area contributed by atoms with E-state index in [1.165, 1.54) is 36.8 Å². The van der Waals surface area contributed by atoms with E-state index < -0.39 is 33.1 Å². The van der Waals surface area contributed by atoms with E-state index in [2.05, 4.69) is 4.98 Å². The van der Waals surface area contributed by atoms with E-state index in [0.717, 1.165) is 0 Å². The van der Waals surface area contributed by atoms with Gasteiger partial charge in [0.05, 0.1) is 0 Å². The first kappa shape index (κ1) is 15.7. The third-order valence-corrected chi connectivity index (χ3v) is 3.64. The van der Waals surface area contributed by atoms with Crippen molar-refractivity contribution >= 4 is 10.0 Å². The van der Waals surface area contributed by atoms with E-state index in [-0.39, 0.29) is 0 Å². The van der Waals surface area contributed by atoms with Gasteiger partial charge >= 0.3 is 15.5 Å². The van der Waals surface area contributed by atoms with Gasteiger partial charge in [-0.2, -0.15) is 13.2 Å². The number of hydrogen-bond acceptors (Lipinski definition) is 3. The van der Waals surface area contributed by atoms with Crippen LogP contribution >= 0.6 is 0 Å². The van der Waals surface area contributed by atoms with Crippen molar-refractivity contribution in [3.8, 4) is 0 Å². The number of halogens is 3. The fraction of sp³-hybridized carbons (Fsp3) is 0.500. The molecule has 1 aromatic rings. The molecule has 0 saturated carbocycles. The summed E-state index contributed by atoms with van der Waals surface area (Å²) >= 11 is 0. The summed E-state index contributed by atoms with van der Waals surface area (Å²) in [5.41, 5.74) is -6.42. The molecule has 0 aromatic carbocycles. The Balaban J connectivity index is 2.91. The maximum Gasteiger partial charge on any atom is 0.511 e. The summed E-state index contributed by atoms with van der Waals surface area (Å²) < 4.78 is 59.8. The van der Waals surface area contributed by atoms with E-state index in [1.807, 2.05) is 0 Å². The Morgan fingerprint density at radius 2 is 1.84 bits per heavy atom. The van der Waals surface area contributed by atoms with Crippen LogP contribution in [0.2, 0.25) is 0 Å². The molecule has 0 bridgehead atoms. The van der Waals surface area contributed by atoms with Gasteiger partial charge in [-0.1, -0.05) is 19.9 Å². The zero-order chi connectivity index (χ0) is 14.9. The molecule has 0 unspecified atom stereocenters. The number of pyridine rings is 1. The fourth-order valence-electron chi connectivity index (χ4n) is 1.30. The molecule has 0 aliphatic heterocycles. The molecular weight excluding hydrogens is 285 g/mol. The third-order valence-electron chi connectivity index (χ3n) is 2.51. The Morgan fingerprint density at radius 1 is 1.26 bits per heavy atom. The minimum Gasteiger partial charge on any atom is -0.326 e. The Bertz CT molecular complexity index is 605. The number of sulfonamides is 1. The van der Waals surface area contributed by atoms with Gasteiger partial charge in [-0.25, -0.2) is 13.1 Å². The maximum atomic E-state index is 12.2. The van der Waals surface area contributed by atoms with Gasteiger partial charge in [-0.05, 0) is 6.07 Å². The Hall–Kier alpha value is -1.35. The van der Waals surface area contributed by atoms with Gasteiger partial charge < -0.3 is 4.98 Å². The second kappa shape index (κ2) is 4.97. The van der Waals surface area contributed by atoms with Crippen LogP contribution in [0.4, 0.5) is 13.2 Å². The summed E-state index contributed by atoms with van der Waals surface area (Å²) in [7, 11) is -5.39. The van der Waals surface area contributed by atoms with Crippen LogP contribution < -0.4 is 10.3 Å². The maximum absolute atomic E-state index is 12.2. The average molecular weight is 298 g/mol. The van der Waals surface area contributed by atoms with Crippen molar-refractivity contribution in [2.75, 3.05) is 6.54 Å². The standard InChI is InChI=1S/C10H13F3N2O3S/c1-9(2,7-4-3-5-8(16)15-7)6-14-19(17,18)10(11,12)13/h3-5,14H,6H2,1-2H3,(H,15,16). The zero-order valence-electron chi connectivity index (χ0n) is 10.2. The number of hydrogen-bond donors (Lipinski definition) is 2. The quantitative estimate of drug-likeness (QED) is 0.873. The number of rotatable bonds is 4. The lowest BCUT2D eigenvalue weighted by atomic mass is 9.89. The molecule has 108 valence electrons. The van der Waals surface area contributed by atoms with Gasteiger partial charge in [0.2, 0.25) is 5.56 Å². The molecule has 9 heteroatoms. The number of aromatic amines is 1. The van der Waals surface area contributed by atoms with Crippen LogP contribution in [0.3, 0.4) is 0 Å². The molecular formula is C10H13F3N2O3S. The predicted molar refractivity (Wildman–Crippen MR) is 63.1 cm³/mol. The number of H-pyrrole nitrogens is 1. The summed E-state index contributed by atoms with van der Waals surface area (Å²) in [4.78, 5) is 13.6. The molecule has 19 heavy (non-hydrogen) atoms. The first-order valence-corrected chi connectivity index (χ1v) is 6.70. The summed E-state index contributed by atoms with van der Waals surface area (Å²) in [5, 5.41) is 0. The molecule has 1 heterocycles. The van der Waals surface area contributed by atoms with Crippen LogP contribution in [0.5, 0.6) is 0 Å². The van der Waals surface area contributed by atoms with E-state index in [1.54, 1.807) is 0 Å². The smallest absolute Gasteiger partial charge is 0.326 e. The Labute approximate surface area is 107 Å². The van der Waals surface area contributed by atoms with E-state index >= 15 is 0 Å². The minimum atomic E-state index is -5.39. The lowest BCUT2D eigenvalue weighted by molar-refractivity contribution is -0.0448. The highest BCUT2D eigenvalue weighted by Crippen LogP contribution is 2.24. The largest absolute Gasteiger partial charge is 0.511 e. The normalized spacial score (nSPS) is 13.5. The molecule has 0 amide bonds. The minimum absolute atomic E-state index is 0.338. The Kier molecular flexibility index (Phi) is 4.11. The van der Waals surface area contributed by atoms with Crippen LogP contribution in [-0.2, 0) is 15.4 Å². The van der Waals surface area contributed by atoms with E-state index in [0.29, 0.717) is 5.69 Å². The van der Waals surface area contributed by atoms with Gasteiger partial charge in [0.15, 0.2) is 0 Å². The molecule has 0 aliphatic rings. The molecule has 0 spiro atoms. The number of aromatic nitrogens is 1. The summed E-state index contributed by atoms with van der Waals surface area (Å²) in [5.74, 6) is 0. The van der Waals surface area contributed by atoms with Crippen molar-refractivity contribution < 1.29 is 21.6 Å². The average Bonchev–Trinajstić information content (AvgIpc) is 2.25. The zero-order valence-corrected chi connectivity index (χ0v) is 11.0. The molecule has 5 nitrogen and oxygen atoms in total. The monoisotopic (exact) mass is 298 g/mol. The summed E-state index contributed by atoms with van der Waals surface area (Å²) in [6.07, 6.45) is 0. The third kappa shape index (κ3) is 3.80. The molecule has 1 rings (SSSR count). The van der Waals surface area contributed by atoms with Crippen molar-refractivity contribution in [3.05, 3.63) is 34.2 Å². The van der Waals surface area contributed by atoms with Crippen LogP contribution in [0, 0.1) is 0 Å². The van der Waals surface area contributed by atoms with Gasteiger partial charge in [0.25, 0.3) is 0 Å². The molecule has 0 fully saturated rings. The van der Waals surface area contributed by atoms with Crippen LogP contribution in [0.1, 0.15) is 19.5 Å². The SMILES string of the molecule is CC(C)(CNS(=O)(=O)C(F)(F)F)c1cccc(=O)[nH]1. The van der Waals surface area contributed by atoms with Crippen LogP contribution in [-0.4, -0.2) is 25.5 Å². The summed E-state index contributed by atoms with van der Waals surface area (Å²) in [6, 6.07) is 4.19. The van der Waals surface area contributed by atoms with Gasteiger partial charge in [0, 0.05) is 23.7 Å². The van der Waals surface area contributed by atoms with Crippen molar-refractivity contribution in [1.29, 1.82) is 0 Å². The lowest BCUT2D eigenvalue weighted by Gasteiger charge is -2.25. The predicted octanol–water partition coefficient (Wildman–Crippen LogP) is 1.09. The van der Waals surface area contributed by atoms with Crippen molar-refractivity contribution in [1.82, 2.24) is 9.71 Å². The first-order valence-electron chi connectivity index (χ1n) is 5.21. The van der Waals surface area contributed by atoms with Gasteiger partial charge in [-0.15, -0.1) is 0 Å². The van der Waals surface area contributed by atoms with Crippen LogP contribution in [0.15, 0.2) is 23.0 Å². The molecule has 0 atom stereocenters. The van der Waals surface area contributed by atoms with Crippen LogP contribution in [0.25, 0.3) is 0 Å². The highest BCUT2D eigenvalue weighted by molar-refractivity contribution is 7.90. The molecule has 0 saturated heterocycles. The number of nitrogens with one attached hydrogen (secondary N) is 2. The topological polar surface area (TPSA) is 79.0 Å². The first-order chi connectivity index (χ1) is 8.46. The van der Waals surface area contributed by atoms with Crippen molar-refractivity contribution in [2.45, 2.75) is 24.8 Å². The second-order valence-electron chi connectivity index (χ2n) is 4.58. The van der Waals surface area contributed by atoms with E-state index in [9.17, 15) is 26.4 Å². The van der Waals surface area contributed by atoms with E-state index in [4.69, 9.17) is 0 Å². The van der Waals surface area contributed by atoms with Gasteiger partial charge in [-0.3, -0.25) is 4.79 Å². The Morgan fingerprint density at radius 3 is 2.32 bits per heavy atom. The molecule has 2 N–H and O–H groups in total. The van der Waals surface area contributed by atoms with Gasteiger partial charge in [0.1, 0.15) is 0 Å². The second-order valence-corrected chi connectivity index (χ2v) is 6.34. The van der Waals surface area contributed by atoms with Crippen molar-refractivity contribution in [2.24, 2.45) is 0 Å². The summed E-state index contributed by atoms with van der Waals surface area (Å²) in [6.45, 7) is 2.53. The van der Waals surface area contributed by atoms with Crippen molar-refractivity contribution in [3.63, 3.8) is 0 Å². The molecule has 0 radical (unpaired) electrons. The highest BCUT2D eigenvalue weighted by Gasteiger charge is 2.46. The fourth-order valence-corrected chi connectivity index (χ4v) is 2.01. The number of alkyl halides is 3. The molecule has 0 aliphatic carbocycles. The highest BCUT2D eigenvalue weighted by atomic mass is 32.2. The lowest BCUT2D eigenvalue weighted by Crippen LogP contribution is -2.43.